The summed E-state index contributed by atoms with van der Waals surface area (Å²) in [6, 6.07) is 7.82. The number of aromatic nitrogens is 2. The minimum absolute atomic E-state index is 0.0263. The largest absolute Gasteiger partial charge is 0.496 e. The van der Waals surface area contributed by atoms with Crippen LogP contribution in [0.1, 0.15) is 37.8 Å². The van der Waals surface area contributed by atoms with Gasteiger partial charge >= 0.3 is 0 Å². The number of carbonyl (C=O) groups excluding carboxylic acids is 1. The third-order valence-corrected chi connectivity index (χ3v) is 5.21. The number of ether oxygens (including phenoxy) is 1. The van der Waals surface area contributed by atoms with Crippen molar-refractivity contribution in [2.24, 2.45) is 7.05 Å². The molecule has 0 saturated carbocycles. The molecular formula is C22H32N4O4. The molecular weight excluding hydrogens is 384 g/mol. The van der Waals surface area contributed by atoms with Crippen molar-refractivity contribution in [3.05, 3.63) is 30.0 Å². The van der Waals surface area contributed by atoms with E-state index < -0.39 is 0 Å². The quantitative estimate of drug-likeness (QED) is 0.702. The van der Waals surface area contributed by atoms with Gasteiger partial charge in [0.1, 0.15) is 11.6 Å². The van der Waals surface area contributed by atoms with Gasteiger partial charge in [-0.05, 0) is 38.9 Å². The molecule has 0 radical (unpaired) electrons. The molecule has 3 rings (SSSR count). The first-order chi connectivity index (χ1) is 14.5. The number of carbonyl (C=O) groups is 2. The Balaban J connectivity index is 0.00000101. The lowest BCUT2D eigenvalue weighted by molar-refractivity contribution is -0.123. The Kier molecular flexibility index (Phi) is 9.34. The highest BCUT2D eigenvalue weighted by molar-refractivity contribution is 5.95. The van der Waals surface area contributed by atoms with E-state index in [2.05, 4.69) is 15.3 Å². The van der Waals surface area contributed by atoms with Crippen molar-refractivity contribution in [3.8, 4) is 16.9 Å². The lowest BCUT2D eigenvalue weighted by Gasteiger charge is -2.19. The van der Waals surface area contributed by atoms with Crippen LogP contribution >= 0.6 is 0 Å². The van der Waals surface area contributed by atoms with E-state index >= 15 is 0 Å². The summed E-state index contributed by atoms with van der Waals surface area (Å²) < 4.78 is 7.24. The molecule has 1 fully saturated rings. The Morgan fingerprint density at radius 2 is 1.87 bits per heavy atom. The van der Waals surface area contributed by atoms with Crippen molar-refractivity contribution in [2.75, 3.05) is 32.1 Å². The molecule has 8 heteroatoms. The predicted octanol–water partition coefficient (Wildman–Crippen LogP) is 3.31. The molecule has 0 bridgehead atoms. The SMILES string of the molecule is COc1ccccc1-c1c(C)nn(C)c1NC(=O)CCN1CCCCCC1.O=CO. The highest BCUT2D eigenvalue weighted by atomic mass is 16.5. The van der Waals surface area contributed by atoms with E-state index in [-0.39, 0.29) is 12.4 Å². The van der Waals surface area contributed by atoms with E-state index in [0.717, 1.165) is 48.0 Å². The molecule has 2 aromatic rings. The van der Waals surface area contributed by atoms with Crippen molar-refractivity contribution in [2.45, 2.75) is 39.0 Å². The smallest absolute Gasteiger partial charge is 0.290 e. The average Bonchev–Trinajstić information content (AvgIpc) is 2.91. The Hall–Kier alpha value is -2.87. The molecule has 2 N–H and O–H groups in total. The van der Waals surface area contributed by atoms with Crippen molar-refractivity contribution in [3.63, 3.8) is 0 Å². The molecule has 8 nitrogen and oxygen atoms in total. The van der Waals surface area contributed by atoms with E-state index in [1.54, 1.807) is 11.8 Å². The number of hydrogen-bond acceptors (Lipinski definition) is 5. The van der Waals surface area contributed by atoms with Crippen molar-refractivity contribution < 1.29 is 19.4 Å². The van der Waals surface area contributed by atoms with Crippen LogP contribution in [-0.4, -0.2) is 58.9 Å². The van der Waals surface area contributed by atoms with Gasteiger partial charge in [-0.15, -0.1) is 0 Å². The number of methoxy groups -OCH3 is 1. The monoisotopic (exact) mass is 416 g/mol. The van der Waals surface area contributed by atoms with E-state index in [0.29, 0.717) is 6.42 Å². The van der Waals surface area contributed by atoms with Crippen LogP contribution in [0.25, 0.3) is 11.1 Å². The fourth-order valence-corrected chi connectivity index (χ4v) is 3.79. The summed E-state index contributed by atoms with van der Waals surface area (Å²) in [7, 11) is 3.51. The van der Waals surface area contributed by atoms with Crippen LogP contribution in [-0.2, 0) is 16.6 Å². The molecule has 0 aliphatic carbocycles. The van der Waals surface area contributed by atoms with E-state index in [9.17, 15) is 4.79 Å². The maximum atomic E-state index is 12.6. The van der Waals surface area contributed by atoms with Crippen molar-refractivity contribution in [1.29, 1.82) is 0 Å². The summed E-state index contributed by atoms with van der Waals surface area (Å²) in [5.74, 6) is 1.52. The number of rotatable bonds is 6. The average molecular weight is 417 g/mol. The Bertz CT molecular complexity index is 827. The zero-order valence-electron chi connectivity index (χ0n) is 18.1. The lowest BCUT2D eigenvalue weighted by Crippen LogP contribution is -2.29. The molecule has 1 saturated heterocycles. The number of aryl methyl sites for hydroxylation is 2. The summed E-state index contributed by atoms with van der Waals surface area (Å²) in [5, 5.41) is 14.5. The van der Waals surface area contributed by atoms with Gasteiger partial charge in [-0.1, -0.05) is 31.0 Å². The van der Waals surface area contributed by atoms with Gasteiger partial charge < -0.3 is 20.1 Å². The minimum atomic E-state index is -0.250. The first kappa shape index (κ1) is 23.4. The third-order valence-electron chi connectivity index (χ3n) is 5.21. The number of amides is 1. The molecule has 1 aromatic heterocycles. The van der Waals surface area contributed by atoms with Gasteiger partial charge in [-0.2, -0.15) is 5.10 Å². The second-order valence-electron chi connectivity index (χ2n) is 7.29. The lowest BCUT2D eigenvalue weighted by atomic mass is 10.0. The zero-order valence-corrected chi connectivity index (χ0v) is 18.1. The van der Waals surface area contributed by atoms with Crippen LogP contribution in [0.15, 0.2) is 24.3 Å². The highest BCUT2D eigenvalue weighted by Gasteiger charge is 2.20. The Labute approximate surface area is 177 Å². The number of benzene rings is 1. The molecule has 164 valence electrons. The van der Waals surface area contributed by atoms with Gasteiger partial charge in [-0.3, -0.25) is 14.3 Å². The number of carboxylic acid groups (broad SMARTS) is 1. The number of nitrogens with one attached hydrogen (secondary N) is 1. The van der Waals surface area contributed by atoms with E-state index in [4.69, 9.17) is 14.6 Å². The topological polar surface area (TPSA) is 96.7 Å². The summed E-state index contributed by atoms with van der Waals surface area (Å²) in [6.45, 7) is 4.72. The molecule has 0 atom stereocenters. The summed E-state index contributed by atoms with van der Waals surface area (Å²) in [6.07, 6.45) is 5.58. The number of nitrogens with zero attached hydrogens (tertiary/aromatic N) is 3. The van der Waals surface area contributed by atoms with Crippen LogP contribution in [0, 0.1) is 6.92 Å². The normalized spacial score (nSPS) is 14.2. The fraction of sp³-hybridized carbons (Fsp3) is 0.500. The van der Waals surface area contributed by atoms with Crippen LogP contribution in [0.5, 0.6) is 5.75 Å². The summed E-state index contributed by atoms with van der Waals surface area (Å²) in [4.78, 5) is 23.4. The number of hydrogen-bond donors (Lipinski definition) is 2. The molecule has 1 aliphatic rings. The first-order valence-electron chi connectivity index (χ1n) is 10.3. The van der Waals surface area contributed by atoms with Crippen molar-refractivity contribution in [1.82, 2.24) is 14.7 Å². The number of likely N-dealkylation sites (tertiary alicyclic amines) is 1. The number of anilines is 1. The molecule has 2 heterocycles. The van der Waals surface area contributed by atoms with Crippen LogP contribution < -0.4 is 10.1 Å². The highest BCUT2D eigenvalue weighted by Crippen LogP contribution is 2.37. The van der Waals surface area contributed by atoms with Crippen molar-refractivity contribution >= 4 is 18.2 Å². The molecule has 0 unspecified atom stereocenters. The molecule has 1 amide bonds. The summed E-state index contributed by atoms with van der Waals surface area (Å²) >= 11 is 0. The number of para-hydroxylation sites is 1. The van der Waals surface area contributed by atoms with Crippen LogP contribution in [0.2, 0.25) is 0 Å². The second kappa shape index (κ2) is 12.0. The molecule has 0 spiro atoms. The summed E-state index contributed by atoms with van der Waals surface area (Å²) in [5.41, 5.74) is 2.72. The predicted molar refractivity (Wildman–Crippen MR) is 117 cm³/mol. The Morgan fingerprint density at radius 3 is 2.50 bits per heavy atom. The van der Waals surface area contributed by atoms with Gasteiger partial charge in [0.2, 0.25) is 5.91 Å². The van der Waals surface area contributed by atoms with Gasteiger partial charge in [0.15, 0.2) is 0 Å². The van der Waals surface area contributed by atoms with Crippen LogP contribution in [0.4, 0.5) is 5.82 Å². The van der Waals surface area contributed by atoms with E-state index in [1.807, 2.05) is 38.2 Å². The Morgan fingerprint density at radius 1 is 1.23 bits per heavy atom. The molecule has 30 heavy (non-hydrogen) atoms. The van der Waals surface area contributed by atoms with Gasteiger partial charge in [0.05, 0.1) is 18.4 Å². The second-order valence-corrected chi connectivity index (χ2v) is 7.29. The zero-order chi connectivity index (χ0) is 21.9. The third kappa shape index (κ3) is 6.32. The fourth-order valence-electron chi connectivity index (χ4n) is 3.79. The minimum Gasteiger partial charge on any atom is -0.496 e. The molecule has 1 aromatic carbocycles. The van der Waals surface area contributed by atoms with Gasteiger partial charge in [0.25, 0.3) is 6.47 Å². The standard InChI is InChI=1S/C21H30N4O2.CH2O2/c1-16-20(17-10-6-7-11-18(17)27-3)21(24(2)23-16)22-19(26)12-15-25-13-8-4-5-9-14-25;2-1-3/h6-7,10-11H,4-5,8-9,12-15H2,1-3H3,(H,22,26);1H,(H,2,3). The first-order valence-corrected chi connectivity index (χ1v) is 10.3. The van der Waals surface area contributed by atoms with E-state index in [1.165, 1.54) is 25.7 Å². The molecule has 1 aliphatic heterocycles. The maximum Gasteiger partial charge on any atom is 0.290 e. The van der Waals surface area contributed by atoms with Crippen LogP contribution in [0.3, 0.4) is 0 Å². The maximum absolute atomic E-state index is 12.6. The van der Waals surface area contributed by atoms with Gasteiger partial charge in [-0.25, -0.2) is 0 Å². The van der Waals surface area contributed by atoms with Gasteiger partial charge in [0, 0.05) is 25.6 Å².